The first-order chi connectivity index (χ1) is 5.59. The maximum absolute atomic E-state index is 12.9. The molecule has 1 N–H and O–H groups in total. The molecule has 0 saturated carbocycles. The molecule has 1 aromatic carbocycles. The quantitative estimate of drug-likeness (QED) is 0.712. The standard InChI is InChI=1S/C7H8FNO2S/c1-5-2-3-7(6(8)4-5)9-12(10)11/h2-4,9H,1H3,(H,10,11)/p-1. The van der Waals surface area contributed by atoms with Crippen LogP contribution in [0.15, 0.2) is 18.2 Å². The van der Waals surface area contributed by atoms with E-state index in [2.05, 4.69) is 0 Å². The van der Waals surface area contributed by atoms with Crippen molar-refractivity contribution < 1.29 is 13.2 Å². The number of hydrogen-bond donors (Lipinski definition) is 1. The normalized spacial score (nSPS) is 12.6. The van der Waals surface area contributed by atoms with Crippen molar-refractivity contribution in [3.05, 3.63) is 29.6 Å². The zero-order chi connectivity index (χ0) is 9.14. The molecule has 0 spiro atoms. The van der Waals surface area contributed by atoms with Gasteiger partial charge in [0.25, 0.3) is 0 Å². The predicted molar refractivity (Wildman–Crippen MR) is 43.7 cm³/mol. The van der Waals surface area contributed by atoms with Crippen LogP contribution >= 0.6 is 0 Å². The van der Waals surface area contributed by atoms with Crippen LogP contribution in [0.2, 0.25) is 0 Å². The number of nitrogens with one attached hydrogen (secondary N) is 1. The fraction of sp³-hybridized carbons (Fsp3) is 0.143. The van der Waals surface area contributed by atoms with Gasteiger partial charge in [-0.2, -0.15) is 0 Å². The van der Waals surface area contributed by atoms with E-state index in [0.29, 0.717) is 0 Å². The molecular weight excluding hydrogens is 181 g/mol. The zero-order valence-electron chi connectivity index (χ0n) is 6.33. The molecule has 12 heavy (non-hydrogen) atoms. The Hall–Kier alpha value is -0.940. The first-order valence-corrected chi connectivity index (χ1v) is 4.29. The molecule has 0 aromatic heterocycles. The first kappa shape index (κ1) is 9.15. The van der Waals surface area contributed by atoms with Gasteiger partial charge in [-0.3, -0.25) is 4.21 Å². The maximum Gasteiger partial charge on any atom is 0.147 e. The molecule has 0 aliphatic heterocycles. The summed E-state index contributed by atoms with van der Waals surface area (Å²) in [5.41, 5.74) is 0.712. The molecule has 0 aliphatic carbocycles. The van der Waals surface area contributed by atoms with E-state index >= 15 is 0 Å². The molecule has 3 nitrogen and oxygen atoms in total. The Labute approximate surface area is 72.0 Å². The highest BCUT2D eigenvalue weighted by Crippen LogP contribution is 2.14. The first-order valence-electron chi connectivity index (χ1n) is 3.21. The fourth-order valence-corrected chi connectivity index (χ4v) is 1.14. The minimum atomic E-state index is -2.47. The van der Waals surface area contributed by atoms with Crippen molar-refractivity contribution in [3.8, 4) is 0 Å². The van der Waals surface area contributed by atoms with Crippen molar-refractivity contribution in [3.63, 3.8) is 0 Å². The van der Waals surface area contributed by atoms with Crippen molar-refractivity contribution in [1.82, 2.24) is 0 Å². The van der Waals surface area contributed by atoms with Crippen LogP contribution < -0.4 is 4.72 Å². The van der Waals surface area contributed by atoms with Gasteiger partial charge in [0.2, 0.25) is 0 Å². The number of halogens is 1. The summed E-state index contributed by atoms with van der Waals surface area (Å²) in [6, 6.07) is 4.26. The van der Waals surface area contributed by atoms with Gasteiger partial charge in [-0.15, -0.1) is 0 Å². The van der Waals surface area contributed by atoms with E-state index in [4.69, 9.17) is 0 Å². The van der Waals surface area contributed by atoms with E-state index < -0.39 is 17.1 Å². The molecule has 0 bridgehead atoms. The highest BCUT2D eigenvalue weighted by molar-refractivity contribution is 7.80. The lowest BCUT2D eigenvalue weighted by molar-refractivity contribution is 0.541. The Morgan fingerprint density at radius 2 is 2.25 bits per heavy atom. The number of aryl methyl sites for hydroxylation is 1. The van der Waals surface area contributed by atoms with Crippen molar-refractivity contribution in [2.24, 2.45) is 0 Å². The molecule has 0 aliphatic rings. The molecule has 0 fully saturated rings. The van der Waals surface area contributed by atoms with Gasteiger partial charge in [-0.1, -0.05) is 6.07 Å². The van der Waals surface area contributed by atoms with Crippen molar-refractivity contribution in [2.45, 2.75) is 6.92 Å². The van der Waals surface area contributed by atoms with Crippen LogP contribution in [0.3, 0.4) is 0 Å². The Morgan fingerprint density at radius 1 is 1.58 bits per heavy atom. The van der Waals surface area contributed by atoms with Gasteiger partial charge < -0.3 is 9.27 Å². The van der Waals surface area contributed by atoms with Crippen molar-refractivity contribution in [1.29, 1.82) is 0 Å². The Bertz CT molecular complexity index is 316. The largest absolute Gasteiger partial charge is 0.755 e. The highest BCUT2D eigenvalue weighted by atomic mass is 32.2. The second-order valence-corrected chi connectivity index (χ2v) is 2.99. The average Bonchev–Trinajstić information content (AvgIpc) is 1.94. The predicted octanol–water partition coefficient (Wildman–Crippen LogP) is 1.34. The van der Waals surface area contributed by atoms with Gasteiger partial charge in [0.15, 0.2) is 0 Å². The lowest BCUT2D eigenvalue weighted by Crippen LogP contribution is -2.04. The van der Waals surface area contributed by atoms with Crippen LogP contribution in [0.5, 0.6) is 0 Å². The van der Waals surface area contributed by atoms with Crippen LogP contribution in [-0.4, -0.2) is 8.76 Å². The van der Waals surface area contributed by atoms with E-state index in [-0.39, 0.29) is 5.69 Å². The number of benzene rings is 1. The summed E-state index contributed by atoms with van der Waals surface area (Å²) in [4.78, 5) is 0. The third-order valence-corrected chi connectivity index (χ3v) is 1.70. The van der Waals surface area contributed by atoms with Crippen LogP contribution in [0.1, 0.15) is 5.56 Å². The lowest BCUT2D eigenvalue weighted by atomic mass is 10.2. The number of hydrogen-bond acceptors (Lipinski definition) is 2. The summed E-state index contributed by atoms with van der Waals surface area (Å²) in [5.74, 6) is -0.570. The van der Waals surface area contributed by atoms with Crippen molar-refractivity contribution >= 4 is 17.0 Å². The van der Waals surface area contributed by atoms with Crippen LogP contribution in [0, 0.1) is 12.7 Å². The van der Waals surface area contributed by atoms with Crippen molar-refractivity contribution in [2.75, 3.05) is 4.72 Å². The van der Waals surface area contributed by atoms with Crippen LogP contribution in [0.25, 0.3) is 0 Å². The molecular formula is C7H7FNO2S-. The minimum Gasteiger partial charge on any atom is -0.755 e. The summed E-state index contributed by atoms with van der Waals surface area (Å²) >= 11 is -2.47. The zero-order valence-corrected chi connectivity index (χ0v) is 7.15. The molecule has 66 valence electrons. The molecule has 0 heterocycles. The average molecular weight is 188 g/mol. The van der Waals surface area contributed by atoms with Crippen LogP contribution in [0.4, 0.5) is 10.1 Å². The number of anilines is 1. The maximum atomic E-state index is 12.9. The summed E-state index contributed by atoms with van der Waals surface area (Å²) in [6.45, 7) is 1.72. The molecule has 1 rings (SSSR count). The lowest BCUT2D eigenvalue weighted by Gasteiger charge is -2.09. The highest BCUT2D eigenvalue weighted by Gasteiger charge is 1.99. The SMILES string of the molecule is Cc1ccc(NS(=O)[O-])c(F)c1. The van der Waals surface area contributed by atoms with Gasteiger partial charge in [0.1, 0.15) is 5.82 Å². The second-order valence-electron chi connectivity index (χ2n) is 2.32. The van der Waals surface area contributed by atoms with Crippen LogP contribution in [-0.2, 0) is 11.3 Å². The van der Waals surface area contributed by atoms with E-state index in [9.17, 15) is 13.2 Å². The van der Waals surface area contributed by atoms with Gasteiger partial charge in [-0.25, -0.2) is 4.39 Å². The Balaban J connectivity index is 2.93. The minimum absolute atomic E-state index is 0.0334. The third-order valence-electron chi connectivity index (χ3n) is 1.32. The van der Waals surface area contributed by atoms with Gasteiger partial charge in [0.05, 0.1) is 5.69 Å². The Kier molecular flexibility index (Phi) is 2.78. The summed E-state index contributed by atoms with van der Waals surface area (Å²) in [5, 5.41) is 0. The van der Waals surface area contributed by atoms with Gasteiger partial charge >= 0.3 is 0 Å². The number of rotatable bonds is 2. The third kappa shape index (κ3) is 2.28. The molecule has 5 heteroatoms. The molecule has 1 atom stereocenters. The molecule has 0 saturated heterocycles. The smallest absolute Gasteiger partial charge is 0.147 e. The summed E-state index contributed by atoms with van der Waals surface area (Å²) in [7, 11) is 0. The molecule has 0 radical (unpaired) electrons. The topological polar surface area (TPSA) is 52.2 Å². The molecule has 1 unspecified atom stereocenters. The van der Waals surface area contributed by atoms with E-state index in [1.807, 2.05) is 4.72 Å². The fourth-order valence-electron chi connectivity index (χ4n) is 0.793. The van der Waals surface area contributed by atoms with Gasteiger partial charge in [0, 0.05) is 11.3 Å². The molecule has 0 amide bonds. The van der Waals surface area contributed by atoms with E-state index in [1.54, 1.807) is 13.0 Å². The Morgan fingerprint density at radius 3 is 2.75 bits per heavy atom. The van der Waals surface area contributed by atoms with E-state index in [1.165, 1.54) is 12.1 Å². The monoisotopic (exact) mass is 188 g/mol. The summed E-state index contributed by atoms with van der Waals surface area (Å²) < 4.78 is 35.1. The van der Waals surface area contributed by atoms with E-state index in [0.717, 1.165) is 5.56 Å². The summed E-state index contributed by atoms with van der Waals surface area (Å²) in [6.07, 6.45) is 0. The second kappa shape index (κ2) is 3.64. The van der Waals surface area contributed by atoms with Gasteiger partial charge in [-0.05, 0) is 24.6 Å². The molecule has 1 aromatic rings.